The molecule has 1 fully saturated rings. The van der Waals surface area contributed by atoms with Gasteiger partial charge in [0.2, 0.25) is 0 Å². The first-order valence-corrected chi connectivity index (χ1v) is 7.18. The Morgan fingerprint density at radius 2 is 2.19 bits per heavy atom. The van der Waals surface area contributed by atoms with Crippen LogP contribution in [0.5, 0.6) is 0 Å². The van der Waals surface area contributed by atoms with Crippen molar-refractivity contribution in [2.24, 2.45) is 5.92 Å². The predicted molar refractivity (Wildman–Crippen MR) is 71.8 cm³/mol. The van der Waals surface area contributed by atoms with E-state index in [0.29, 0.717) is 0 Å². The molecule has 2 heteroatoms. The van der Waals surface area contributed by atoms with Crippen molar-refractivity contribution in [2.75, 3.05) is 26.7 Å². The van der Waals surface area contributed by atoms with E-state index in [4.69, 9.17) is 0 Å². The van der Waals surface area contributed by atoms with E-state index in [1.54, 1.807) is 0 Å². The third-order valence-corrected chi connectivity index (χ3v) is 3.98. The van der Waals surface area contributed by atoms with E-state index in [0.717, 1.165) is 12.0 Å². The highest BCUT2D eigenvalue weighted by molar-refractivity contribution is 4.77. The number of nitrogens with one attached hydrogen (secondary N) is 1. The van der Waals surface area contributed by atoms with Gasteiger partial charge in [0.05, 0.1) is 0 Å². The van der Waals surface area contributed by atoms with Crippen LogP contribution in [0.25, 0.3) is 0 Å². The minimum absolute atomic E-state index is 0.782. The van der Waals surface area contributed by atoms with Gasteiger partial charge in [-0.1, -0.05) is 33.1 Å². The number of hydrogen-bond acceptors (Lipinski definition) is 2. The summed E-state index contributed by atoms with van der Waals surface area (Å²) in [5, 5.41) is 3.51. The molecule has 1 saturated heterocycles. The lowest BCUT2D eigenvalue weighted by molar-refractivity contribution is 0.169. The third-order valence-electron chi connectivity index (χ3n) is 3.98. The average molecular weight is 226 g/mol. The Hall–Kier alpha value is -0.0800. The van der Waals surface area contributed by atoms with Gasteiger partial charge in [0.1, 0.15) is 0 Å². The first kappa shape index (κ1) is 14.0. The van der Waals surface area contributed by atoms with Crippen LogP contribution in [0.3, 0.4) is 0 Å². The van der Waals surface area contributed by atoms with Crippen molar-refractivity contribution >= 4 is 0 Å². The maximum absolute atomic E-state index is 3.51. The van der Waals surface area contributed by atoms with E-state index >= 15 is 0 Å². The van der Waals surface area contributed by atoms with E-state index in [2.05, 4.69) is 31.1 Å². The SMILES string of the molecule is CCCCC(CC)CN(C)C1CCCNC1. The van der Waals surface area contributed by atoms with Gasteiger partial charge in [0.25, 0.3) is 0 Å². The average Bonchev–Trinajstić information content (AvgIpc) is 2.35. The second kappa shape index (κ2) is 8.08. The molecule has 0 amide bonds. The van der Waals surface area contributed by atoms with Crippen molar-refractivity contribution < 1.29 is 0 Å². The van der Waals surface area contributed by atoms with Gasteiger partial charge < -0.3 is 10.2 Å². The molecule has 2 atom stereocenters. The number of nitrogens with zero attached hydrogens (tertiary/aromatic N) is 1. The number of likely N-dealkylation sites (N-methyl/N-ethyl adjacent to an activating group) is 1. The smallest absolute Gasteiger partial charge is 0.0218 e. The molecule has 0 saturated carbocycles. The van der Waals surface area contributed by atoms with Gasteiger partial charge in [0.15, 0.2) is 0 Å². The summed E-state index contributed by atoms with van der Waals surface area (Å²) in [6.07, 6.45) is 8.22. The van der Waals surface area contributed by atoms with Gasteiger partial charge in [-0.2, -0.15) is 0 Å². The summed E-state index contributed by atoms with van der Waals surface area (Å²) >= 11 is 0. The molecular weight excluding hydrogens is 196 g/mol. The Bertz CT molecular complexity index is 164. The summed E-state index contributed by atoms with van der Waals surface area (Å²) < 4.78 is 0. The zero-order valence-electron chi connectivity index (χ0n) is 11.5. The fourth-order valence-electron chi connectivity index (χ4n) is 2.68. The quantitative estimate of drug-likeness (QED) is 0.718. The Morgan fingerprint density at radius 1 is 1.38 bits per heavy atom. The molecule has 2 nitrogen and oxygen atoms in total. The van der Waals surface area contributed by atoms with Crippen LogP contribution >= 0.6 is 0 Å². The molecular formula is C14H30N2. The Kier molecular flexibility index (Phi) is 7.06. The lowest BCUT2D eigenvalue weighted by atomic mass is 9.97. The predicted octanol–water partition coefficient (Wildman–Crippen LogP) is 2.89. The second-order valence-corrected chi connectivity index (χ2v) is 5.36. The highest BCUT2D eigenvalue weighted by Crippen LogP contribution is 2.17. The second-order valence-electron chi connectivity index (χ2n) is 5.36. The molecule has 0 bridgehead atoms. The van der Waals surface area contributed by atoms with Crippen LogP contribution in [-0.4, -0.2) is 37.6 Å². The van der Waals surface area contributed by atoms with Crippen molar-refractivity contribution in [3.63, 3.8) is 0 Å². The molecule has 0 spiro atoms. The molecule has 2 unspecified atom stereocenters. The molecule has 0 aromatic heterocycles. The summed E-state index contributed by atoms with van der Waals surface area (Å²) in [4.78, 5) is 2.59. The van der Waals surface area contributed by atoms with Gasteiger partial charge in [-0.15, -0.1) is 0 Å². The van der Waals surface area contributed by atoms with Crippen LogP contribution in [0.1, 0.15) is 52.4 Å². The molecule has 0 aliphatic carbocycles. The summed E-state index contributed by atoms with van der Waals surface area (Å²) in [5.41, 5.74) is 0. The lowest BCUT2D eigenvalue weighted by Gasteiger charge is -2.34. The number of hydrogen-bond donors (Lipinski definition) is 1. The van der Waals surface area contributed by atoms with Crippen LogP contribution in [0, 0.1) is 5.92 Å². The van der Waals surface area contributed by atoms with Crippen molar-refractivity contribution in [3.05, 3.63) is 0 Å². The number of piperidine rings is 1. The molecule has 0 radical (unpaired) electrons. The van der Waals surface area contributed by atoms with Gasteiger partial charge in [-0.05, 0) is 38.8 Å². The zero-order chi connectivity index (χ0) is 11.8. The monoisotopic (exact) mass is 226 g/mol. The fourth-order valence-corrected chi connectivity index (χ4v) is 2.68. The Labute approximate surface area is 102 Å². The largest absolute Gasteiger partial charge is 0.315 e. The van der Waals surface area contributed by atoms with Crippen LogP contribution in [-0.2, 0) is 0 Å². The summed E-state index contributed by atoms with van der Waals surface area (Å²) in [6, 6.07) is 0.782. The number of unbranched alkanes of at least 4 members (excludes halogenated alkanes) is 1. The molecule has 16 heavy (non-hydrogen) atoms. The normalized spacial score (nSPS) is 23.6. The highest BCUT2D eigenvalue weighted by Gasteiger charge is 2.19. The zero-order valence-corrected chi connectivity index (χ0v) is 11.5. The maximum Gasteiger partial charge on any atom is 0.0218 e. The number of rotatable bonds is 7. The van der Waals surface area contributed by atoms with Gasteiger partial charge in [0, 0.05) is 19.1 Å². The first-order valence-electron chi connectivity index (χ1n) is 7.18. The van der Waals surface area contributed by atoms with Gasteiger partial charge in [-0.3, -0.25) is 0 Å². The molecule has 1 rings (SSSR count). The molecule has 1 aliphatic heterocycles. The Morgan fingerprint density at radius 3 is 2.75 bits per heavy atom. The van der Waals surface area contributed by atoms with Crippen LogP contribution in [0.4, 0.5) is 0 Å². The minimum atomic E-state index is 0.782. The van der Waals surface area contributed by atoms with E-state index in [1.165, 1.54) is 58.2 Å². The van der Waals surface area contributed by atoms with Crippen molar-refractivity contribution in [2.45, 2.75) is 58.4 Å². The van der Waals surface area contributed by atoms with Crippen LogP contribution in [0.2, 0.25) is 0 Å². The van der Waals surface area contributed by atoms with Crippen LogP contribution < -0.4 is 5.32 Å². The molecule has 1 N–H and O–H groups in total. The lowest BCUT2D eigenvalue weighted by Crippen LogP contribution is -2.45. The molecule has 1 heterocycles. The third kappa shape index (κ3) is 4.84. The van der Waals surface area contributed by atoms with Crippen LogP contribution in [0.15, 0.2) is 0 Å². The standard InChI is InChI=1S/C14H30N2/c1-4-6-8-13(5-2)12-16(3)14-9-7-10-15-11-14/h13-15H,4-12H2,1-3H3. The topological polar surface area (TPSA) is 15.3 Å². The van der Waals surface area contributed by atoms with Gasteiger partial charge in [-0.25, -0.2) is 0 Å². The first-order chi connectivity index (χ1) is 7.77. The van der Waals surface area contributed by atoms with E-state index in [1.807, 2.05) is 0 Å². The maximum atomic E-state index is 3.51. The van der Waals surface area contributed by atoms with Gasteiger partial charge >= 0.3 is 0 Å². The minimum Gasteiger partial charge on any atom is -0.315 e. The summed E-state index contributed by atoms with van der Waals surface area (Å²) in [6.45, 7) is 8.34. The van der Waals surface area contributed by atoms with E-state index in [-0.39, 0.29) is 0 Å². The molecule has 0 aromatic carbocycles. The summed E-state index contributed by atoms with van der Waals surface area (Å²) in [7, 11) is 2.31. The summed E-state index contributed by atoms with van der Waals surface area (Å²) in [5.74, 6) is 0.909. The fraction of sp³-hybridized carbons (Fsp3) is 1.00. The highest BCUT2D eigenvalue weighted by atomic mass is 15.2. The van der Waals surface area contributed by atoms with Crippen molar-refractivity contribution in [1.29, 1.82) is 0 Å². The molecule has 96 valence electrons. The molecule has 0 aromatic rings. The van der Waals surface area contributed by atoms with E-state index < -0.39 is 0 Å². The van der Waals surface area contributed by atoms with E-state index in [9.17, 15) is 0 Å². The Balaban J connectivity index is 2.26. The van der Waals surface area contributed by atoms with Crippen molar-refractivity contribution in [3.8, 4) is 0 Å². The molecule has 1 aliphatic rings. The van der Waals surface area contributed by atoms with Crippen molar-refractivity contribution in [1.82, 2.24) is 10.2 Å².